The van der Waals surface area contributed by atoms with Crippen molar-refractivity contribution in [2.24, 2.45) is 0 Å². The van der Waals surface area contributed by atoms with Gasteiger partial charge in [0.2, 0.25) is 23.2 Å². The minimum absolute atomic E-state index is 0.0797. The highest BCUT2D eigenvalue weighted by Crippen LogP contribution is 2.43. The van der Waals surface area contributed by atoms with Crippen molar-refractivity contribution in [3.8, 4) is 22.9 Å². The van der Waals surface area contributed by atoms with Crippen molar-refractivity contribution in [3.63, 3.8) is 0 Å². The number of para-hydroxylation sites is 1. The summed E-state index contributed by atoms with van der Waals surface area (Å²) in [6, 6.07) is 25.2. The maximum absolute atomic E-state index is 13.3. The monoisotopic (exact) mass is 484 g/mol. The number of carbonyl (C=O) groups excluding carboxylic acids is 1. The van der Waals surface area contributed by atoms with Crippen LogP contribution in [0, 0.1) is 0 Å². The van der Waals surface area contributed by atoms with Gasteiger partial charge in [0.25, 0.3) is 0 Å². The molecule has 35 heavy (non-hydrogen) atoms. The Morgan fingerprint density at radius 3 is 2.63 bits per heavy atom. The summed E-state index contributed by atoms with van der Waals surface area (Å²) in [7, 11) is 0. The van der Waals surface area contributed by atoms with Crippen LogP contribution >= 0.6 is 11.8 Å². The molecule has 2 heterocycles. The third-order valence-electron chi connectivity index (χ3n) is 5.66. The van der Waals surface area contributed by atoms with E-state index in [0.717, 1.165) is 16.7 Å². The number of amides is 1. The largest absolute Gasteiger partial charge is 0.489 e. The second-order valence-electron chi connectivity index (χ2n) is 7.90. The average molecular weight is 485 g/mol. The molecular formula is C27H24N4O3S. The molecule has 1 aliphatic heterocycles. The van der Waals surface area contributed by atoms with Gasteiger partial charge in [0.1, 0.15) is 12.4 Å². The lowest BCUT2D eigenvalue weighted by molar-refractivity contribution is -0.120. The lowest BCUT2D eigenvalue weighted by Crippen LogP contribution is -2.37. The van der Waals surface area contributed by atoms with Gasteiger partial charge in [-0.2, -0.15) is 4.98 Å². The minimum atomic E-state index is -0.753. The lowest BCUT2D eigenvalue weighted by atomic mass is 10.1. The Bertz CT molecular complexity index is 1350. The molecule has 1 aliphatic rings. The second-order valence-corrected chi connectivity index (χ2v) is 8.68. The zero-order valence-corrected chi connectivity index (χ0v) is 20.2. The molecule has 0 fully saturated rings. The number of hydrogen-bond donors (Lipinski definition) is 0. The van der Waals surface area contributed by atoms with E-state index < -0.39 is 6.23 Å². The summed E-state index contributed by atoms with van der Waals surface area (Å²) in [5.41, 5.74) is 3.79. The van der Waals surface area contributed by atoms with E-state index in [0.29, 0.717) is 41.2 Å². The van der Waals surface area contributed by atoms with E-state index in [1.54, 1.807) is 4.90 Å². The van der Waals surface area contributed by atoms with Gasteiger partial charge in [-0.05, 0) is 30.0 Å². The summed E-state index contributed by atoms with van der Waals surface area (Å²) in [6.07, 6.45) is 1.44. The van der Waals surface area contributed by atoms with Gasteiger partial charge in [0, 0.05) is 17.5 Å². The van der Waals surface area contributed by atoms with E-state index >= 15 is 0 Å². The number of ether oxygens (including phenoxy) is 2. The van der Waals surface area contributed by atoms with E-state index in [1.165, 1.54) is 11.8 Å². The van der Waals surface area contributed by atoms with Crippen molar-refractivity contribution < 1.29 is 14.3 Å². The quantitative estimate of drug-likeness (QED) is 0.326. The Balaban J connectivity index is 1.58. The third-order valence-corrected chi connectivity index (χ3v) is 6.20. The molecule has 8 heteroatoms. The first-order valence-electron chi connectivity index (χ1n) is 11.3. The third kappa shape index (κ3) is 4.70. The number of benzene rings is 3. The SMILES string of the molecule is CCC(=O)N1c2ccccc2-c2nnc(SC)nc2OC1c1cccc(OCc2ccccc2)c1. The van der Waals surface area contributed by atoms with E-state index in [-0.39, 0.29) is 5.91 Å². The zero-order chi connectivity index (χ0) is 24.2. The fourth-order valence-corrected chi connectivity index (χ4v) is 4.25. The molecule has 1 aromatic heterocycles. The number of rotatable bonds is 6. The Labute approximate surface area is 208 Å². The van der Waals surface area contributed by atoms with Crippen LogP contribution in [0.25, 0.3) is 11.3 Å². The van der Waals surface area contributed by atoms with Crippen molar-refractivity contribution in [3.05, 3.63) is 90.0 Å². The molecule has 0 bridgehead atoms. The molecule has 0 saturated heterocycles. The van der Waals surface area contributed by atoms with Crippen LogP contribution in [0.4, 0.5) is 5.69 Å². The normalized spacial score (nSPS) is 14.3. The molecule has 4 aromatic rings. The first-order valence-corrected chi connectivity index (χ1v) is 12.5. The summed E-state index contributed by atoms with van der Waals surface area (Å²) in [5.74, 6) is 0.940. The number of nitrogens with zero attached hydrogens (tertiary/aromatic N) is 4. The van der Waals surface area contributed by atoms with Gasteiger partial charge in [0.15, 0.2) is 5.69 Å². The summed E-state index contributed by atoms with van der Waals surface area (Å²) in [5, 5.41) is 9.10. The van der Waals surface area contributed by atoms with Crippen molar-refractivity contribution in [1.82, 2.24) is 15.2 Å². The summed E-state index contributed by atoms with van der Waals surface area (Å²) < 4.78 is 12.5. The van der Waals surface area contributed by atoms with Crippen LogP contribution in [0.2, 0.25) is 0 Å². The minimum Gasteiger partial charge on any atom is -0.489 e. The van der Waals surface area contributed by atoms with Gasteiger partial charge in [-0.15, -0.1) is 10.2 Å². The van der Waals surface area contributed by atoms with Gasteiger partial charge < -0.3 is 9.47 Å². The van der Waals surface area contributed by atoms with Gasteiger partial charge >= 0.3 is 0 Å². The fraction of sp³-hybridized carbons (Fsp3) is 0.185. The topological polar surface area (TPSA) is 77.4 Å². The Morgan fingerprint density at radius 2 is 1.83 bits per heavy atom. The molecule has 176 valence electrons. The first kappa shape index (κ1) is 22.9. The standard InChI is InChI=1S/C27H24N4O3S/c1-3-23(32)31-22-15-8-7-14-21(22)24-25(28-27(35-2)30-29-24)34-26(31)19-12-9-13-20(16-19)33-17-18-10-5-4-6-11-18/h4-16,26H,3,17H2,1-2H3. The van der Waals surface area contributed by atoms with E-state index in [1.807, 2.05) is 92.0 Å². The molecule has 3 aromatic carbocycles. The number of anilines is 1. The van der Waals surface area contributed by atoms with Crippen molar-refractivity contribution >= 4 is 23.4 Å². The van der Waals surface area contributed by atoms with E-state index in [2.05, 4.69) is 15.2 Å². The maximum atomic E-state index is 13.3. The number of fused-ring (bicyclic) bond motifs is 3. The number of carbonyl (C=O) groups is 1. The number of hydrogen-bond acceptors (Lipinski definition) is 7. The summed E-state index contributed by atoms with van der Waals surface area (Å²) in [6.45, 7) is 2.27. The van der Waals surface area contributed by atoms with Gasteiger partial charge in [-0.3, -0.25) is 9.69 Å². The molecule has 0 radical (unpaired) electrons. The molecule has 0 saturated carbocycles. The maximum Gasteiger partial charge on any atom is 0.247 e. The molecule has 1 unspecified atom stereocenters. The smallest absolute Gasteiger partial charge is 0.247 e. The van der Waals surface area contributed by atoms with Gasteiger partial charge in [-0.1, -0.05) is 79.3 Å². The van der Waals surface area contributed by atoms with Crippen LogP contribution in [0.3, 0.4) is 0 Å². The second kappa shape index (κ2) is 10.1. The highest BCUT2D eigenvalue weighted by atomic mass is 32.2. The van der Waals surface area contributed by atoms with Crippen molar-refractivity contribution in [2.45, 2.75) is 31.3 Å². The van der Waals surface area contributed by atoms with Crippen LogP contribution in [0.15, 0.2) is 84.0 Å². The Kier molecular flexibility index (Phi) is 6.63. The van der Waals surface area contributed by atoms with Crippen LogP contribution in [0.1, 0.15) is 30.7 Å². The molecule has 5 rings (SSSR count). The van der Waals surface area contributed by atoms with Gasteiger partial charge in [-0.25, -0.2) is 0 Å². The molecule has 0 spiro atoms. The predicted octanol–water partition coefficient (Wildman–Crippen LogP) is 5.67. The van der Waals surface area contributed by atoms with Crippen LogP contribution in [-0.4, -0.2) is 27.3 Å². The lowest BCUT2D eigenvalue weighted by Gasteiger charge is -2.30. The van der Waals surface area contributed by atoms with Gasteiger partial charge in [0.05, 0.1) is 5.69 Å². The van der Waals surface area contributed by atoms with Crippen LogP contribution < -0.4 is 14.4 Å². The van der Waals surface area contributed by atoms with E-state index in [4.69, 9.17) is 9.47 Å². The summed E-state index contributed by atoms with van der Waals surface area (Å²) >= 11 is 1.38. The van der Waals surface area contributed by atoms with Crippen molar-refractivity contribution in [1.29, 1.82) is 0 Å². The molecular weight excluding hydrogens is 460 g/mol. The Hall–Kier alpha value is -3.91. The molecule has 7 nitrogen and oxygen atoms in total. The molecule has 1 atom stereocenters. The Morgan fingerprint density at radius 1 is 1.03 bits per heavy atom. The molecule has 0 aliphatic carbocycles. The van der Waals surface area contributed by atoms with Crippen LogP contribution in [0.5, 0.6) is 11.6 Å². The highest BCUT2D eigenvalue weighted by molar-refractivity contribution is 7.98. The van der Waals surface area contributed by atoms with Crippen LogP contribution in [-0.2, 0) is 11.4 Å². The number of thioether (sulfide) groups is 1. The average Bonchev–Trinajstić information content (AvgIpc) is 3.06. The summed E-state index contributed by atoms with van der Waals surface area (Å²) in [4.78, 5) is 19.5. The predicted molar refractivity (Wildman–Crippen MR) is 135 cm³/mol. The molecule has 1 amide bonds. The van der Waals surface area contributed by atoms with E-state index in [9.17, 15) is 4.79 Å². The molecule has 0 N–H and O–H groups in total. The zero-order valence-electron chi connectivity index (χ0n) is 19.4. The first-order chi connectivity index (χ1) is 17.2. The highest BCUT2D eigenvalue weighted by Gasteiger charge is 2.35. The fourth-order valence-electron chi connectivity index (χ4n) is 3.96. The van der Waals surface area contributed by atoms with Crippen molar-refractivity contribution in [2.75, 3.05) is 11.2 Å². The number of aromatic nitrogens is 3.